The second kappa shape index (κ2) is 14.6. The molecule has 0 atom stereocenters. The fourth-order valence-corrected chi connectivity index (χ4v) is 0.532. The third kappa shape index (κ3) is 71.3. The van der Waals surface area contributed by atoms with Gasteiger partial charge in [-0.15, -0.1) is 0 Å². The van der Waals surface area contributed by atoms with Crippen LogP contribution in [0, 0.1) is 0 Å². The minimum atomic E-state index is -3.12. The number of aldehydes is 1. The molecule has 0 aliphatic heterocycles. The maximum Gasteiger partial charge on any atom is 0.150 e. The molecule has 0 aliphatic rings. The SMILES string of the molecule is CC(=O)O.CC(=O)O.C[As](C)(=O)O.O=Cc1ccccc1. The average molecular weight is 364 g/mol. The zero-order valence-corrected chi connectivity index (χ0v) is 14.3. The zero-order chi connectivity index (χ0) is 17.5. The molecule has 0 fully saturated rings. The largest absolute Gasteiger partial charge is 0.298 e. The van der Waals surface area contributed by atoms with E-state index in [0.29, 0.717) is 0 Å². The Bertz CT molecular complexity index is 423. The minimum absolute atomic E-state index is 0.729. The van der Waals surface area contributed by atoms with E-state index in [9.17, 15) is 8.53 Å². The third-order valence-electron chi connectivity index (χ3n) is 0.936. The number of carbonyl (C=O) groups is 3. The quantitative estimate of drug-likeness (QED) is 0.512. The summed E-state index contributed by atoms with van der Waals surface area (Å²) in [6.45, 7) is 2.17. The minimum Gasteiger partial charge on any atom is -0.298 e. The monoisotopic (exact) mass is 364 g/mol. The first-order valence-electron chi connectivity index (χ1n) is 5.57. The van der Waals surface area contributed by atoms with Gasteiger partial charge >= 0.3 is 33.1 Å². The van der Waals surface area contributed by atoms with Crippen LogP contribution < -0.4 is 0 Å². The first kappa shape index (κ1) is 24.2. The molecular formula is C13H21AsO7. The molecule has 1 rings (SSSR count). The smallest absolute Gasteiger partial charge is 0.150 e. The second-order valence-electron chi connectivity index (χ2n) is 3.86. The Hall–Kier alpha value is -1.85. The van der Waals surface area contributed by atoms with Gasteiger partial charge in [-0.05, 0) is 0 Å². The molecule has 8 heteroatoms. The molecular weight excluding hydrogens is 343 g/mol. The van der Waals surface area contributed by atoms with Gasteiger partial charge in [0.1, 0.15) is 6.29 Å². The van der Waals surface area contributed by atoms with E-state index in [0.717, 1.165) is 25.7 Å². The van der Waals surface area contributed by atoms with Gasteiger partial charge in [-0.25, -0.2) is 0 Å². The first-order valence-corrected chi connectivity index (χ1v) is 10.9. The van der Waals surface area contributed by atoms with Crippen molar-refractivity contribution in [2.24, 2.45) is 0 Å². The fraction of sp³-hybridized carbons (Fsp3) is 0.308. The number of hydrogen-bond donors (Lipinski definition) is 3. The number of carboxylic acids is 2. The molecule has 0 unspecified atom stereocenters. The molecule has 0 bridgehead atoms. The molecule has 3 N–H and O–H groups in total. The van der Waals surface area contributed by atoms with Crippen LogP contribution in [-0.4, -0.2) is 46.4 Å². The Morgan fingerprint density at radius 1 is 1.00 bits per heavy atom. The standard InChI is InChI=1S/C7H6O.C2H7AsO2.2C2H4O2/c8-6-7-4-2-1-3-5-7;1-3(2,4)5;2*1-2(3)4/h1-6H;1-2H3,(H,4,5);2*1H3,(H,3,4). The number of carboxylic acid groups (broad SMARTS) is 2. The average Bonchev–Trinajstić information content (AvgIpc) is 2.26. The van der Waals surface area contributed by atoms with Crippen molar-refractivity contribution in [2.75, 3.05) is 0 Å². The van der Waals surface area contributed by atoms with Crippen LogP contribution in [0.25, 0.3) is 0 Å². The first-order chi connectivity index (χ1) is 9.40. The topological polar surface area (TPSA) is 129 Å². The van der Waals surface area contributed by atoms with E-state index in [1.165, 1.54) is 11.4 Å². The Labute approximate surface area is 126 Å². The van der Waals surface area contributed by atoms with Gasteiger partial charge in [-0.3, -0.25) is 14.4 Å². The summed E-state index contributed by atoms with van der Waals surface area (Å²) in [4.78, 5) is 28.0. The molecule has 7 nitrogen and oxygen atoms in total. The van der Waals surface area contributed by atoms with Crippen LogP contribution >= 0.6 is 0 Å². The van der Waals surface area contributed by atoms with E-state index in [4.69, 9.17) is 23.9 Å². The molecule has 0 spiro atoms. The molecule has 1 aromatic rings. The number of benzene rings is 1. The van der Waals surface area contributed by atoms with Gasteiger partial charge < -0.3 is 10.2 Å². The van der Waals surface area contributed by atoms with E-state index < -0.39 is 25.8 Å². The van der Waals surface area contributed by atoms with Gasteiger partial charge in [0, 0.05) is 19.4 Å². The normalized spacial score (nSPS) is 8.43. The van der Waals surface area contributed by atoms with Gasteiger partial charge in [0.25, 0.3) is 11.9 Å². The molecule has 0 amide bonds. The van der Waals surface area contributed by atoms with Gasteiger partial charge in [0.2, 0.25) is 0 Å². The van der Waals surface area contributed by atoms with Crippen LogP contribution in [0.5, 0.6) is 0 Å². The molecule has 0 saturated heterocycles. The molecule has 0 saturated carbocycles. The molecule has 21 heavy (non-hydrogen) atoms. The molecule has 0 aliphatic carbocycles. The summed E-state index contributed by atoms with van der Waals surface area (Å²) in [7, 11) is 0. The van der Waals surface area contributed by atoms with Crippen molar-refractivity contribution in [3.8, 4) is 0 Å². The summed E-state index contributed by atoms with van der Waals surface area (Å²) in [6.07, 6.45) is 0.833. The fourth-order valence-electron chi connectivity index (χ4n) is 0.532. The molecule has 0 aromatic heterocycles. The Kier molecular flexibility index (Phi) is 16.8. The summed E-state index contributed by atoms with van der Waals surface area (Å²) < 4.78 is 18.0. The summed E-state index contributed by atoms with van der Waals surface area (Å²) in [5.74, 6) is -1.67. The second-order valence-corrected chi connectivity index (χ2v) is 9.29. The van der Waals surface area contributed by atoms with Gasteiger partial charge in [0.05, 0.1) is 0 Å². The van der Waals surface area contributed by atoms with Crippen molar-refractivity contribution in [1.29, 1.82) is 0 Å². The van der Waals surface area contributed by atoms with Crippen molar-refractivity contribution in [2.45, 2.75) is 25.3 Å². The van der Waals surface area contributed by atoms with Crippen molar-refractivity contribution < 1.29 is 32.4 Å². The van der Waals surface area contributed by atoms with Crippen LogP contribution in [0.4, 0.5) is 0 Å². The molecule has 1 aromatic carbocycles. The number of hydrogen-bond acceptors (Lipinski definition) is 4. The van der Waals surface area contributed by atoms with E-state index in [-0.39, 0.29) is 0 Å². The van der Waals surface area contributed by atoms with Crippen LogP contribution in [-0.2, 0) is 13.3 Å². The van der Waals surface area contributed by atoms with Crippen LogP contribution in [0.1, 0.15) is 24.2 Å². The number of aliphatic carboxylic acids is 2. The van der Waals surface area contributed by atoms with Gasteiger partial charge in [-0.1, -0.05) is 30.3 Å². The maximum absolute atomic E-state index is 10.0. The van der Waals surface area contributed by atoms with Crippen LogP contribution in [0.15, 0.2) is 30.3 Å². The predicted octanol–water partition coefficient (Wildman–Crippen LogP) is 1.79. The van der Waals surface area contributed by atoms with E-state index >= 15 is 0 Å². The molecule has 0 heterocycles. The Morgan fingerprint density at radius 2 is 1.24 bits per heavy atom. The predicted molar refractivity (Wildman–Crippen MR) is 78.8 cm³/mol. The van der Waals surface area contributed by atoms with Crippen molar-refractivity contribution in [3.05, 3.63) is 35.9 Å². The van der Waals surface area contributed by atoms with Crippen LogP contribution in [0.2, 0.25) is 11.4 Å². The van der Waals surface area contributed by atoms with E-state index in [2.05, 4.69) is 0 Å². The zero-order valence-electron chi connectivity index (χ0n) is 12.4. The van der Waals surface area contributed by atoms with Crippen molar-refractivity contribution >= 4 is 32.1 Å². The molecule has 0 radical (unpaired) electrons. The Morgan fingerprint density at radius 3 is 1.38 bits per heavy atom. The van der Waals surface area contributed by atoms with Crippen molar-refractivity contribution in [1.82, 2.24) is 0 Å². The number of carbonyl (C=O) groups excluding carboxylic acids is 1. The van der Waals surface area contributed by atoms with E-state index in [1.54, 1.807) is 12.1 Å². The summed E-state index contributed by atoms with van der Waals surface area (Å²) in [5.41, 5.74) is 3.45. The summed E-state index contributed by atoms with van der Waals surface area (Å²) >= 11 is -3.12. The van der Waals surface area contributed by atoms with Gasteiger partial charge in [0.15, 0.2) is 0 Å². The van der Waals surface area contributed by atoms with E-state index in [1.807, 2.05) is 18.2 Å². The summed E-state index contributed by atoms with van der Waals surface area (Å²) in [5, 5.41) is 14.8. The molecule has 120 valence electrons. The number of rotatable bonds is 1. The summed E-state index contributed by atoms with van der Waals surface area (Å²) in [6, 6.07) is 9.10. The maximum atomic E-state index is 10.0. The van der Waals surface area contributed by atoms with Crippen molar-refractivity contribution in [3.63, 3.8) is 0 Å². The Balaban J connectivity index is -0.000000219. The van der Waals surface area contributed by atoms with Gasteiger partial charge in [-0.2, -0.15) is 0 Å². The third-order valence-corrected chi connectivity index (χ3v) is 0.936. The van der Waals surface area contributed by atoms with Crippen LogP contribution in [0.3, 0.4) is 0 Å².